The number of carboxylic acid groups (broad SMARTS) is 1. The maximum absolute atomic E-state index is 12.9. The Bertz CT molecular complexity index is 1650. The zero-order valence-electron chi connectivity index (χ0n) is 29.7. The van der Waals surface area contributed by atoms with Crippen LogP contribution in [0.5, 0.6) is 11.5 Å². The number of phenols is 2. The minimum atomic E-state index is -1.27. The van der Waals surface area contributed by atoms with Gasteiger partial charge in [0, 0.05) is 31.9 Å². The van der Waals surface area contributed by atoms with E-state index in [1.807, 2.05) is 27.7 Å². The second kappa shape index (κ2) is 22.3. The molecule has 0 atom stereocenters. The second-order valence-electron chi connectivity index (χ2n) is 11.2. The summed E-state index contributed by atoms with van der Waals surface area (Å²) in [6, 6.07) is 23.4. The maximum atomic E-state index is 12.9. The lowest BCUT2D eigenvalue weighted by molar-refractivity contribution is -0.147. The third-order valence-corrected chi connectivity index (χ3v) is 7.71. The largest absolute Gasteiger partial charge is 0.508 e. The standard InChI is InChI=1S/C18H16FNO3.C11H10FNO3.C6H7NO.2C2H6.CH4.B/c19-13-3-5-14(6-4-13)20-17(23)18(9-10-18)16(22)11-12-1-7-15(21)8-2-12;12-7-1-3-8(4-2-7)13-9(14)11(5-6-11)10(15)16;7-5-1-3-6(8)4-2-5;2*1-2;;/h1-8,21H,9-11H2,(H,20,23);1-4H,5-6H2,(H,13,14)(H,15,16);1-4,8H,7H2;2*1-2H3;1H4;. The number of rotatable bonds is 8. The molecular weight excluding hydrogens is 683 g/mol. The molecule has 10 nitrogen and oxygen atoms in total. The van der Waals surface area contributed by atoms with Gasteiger partial charge < -0.3 is 31.7 Å². The summed E-state index contributed by atoms with van der Waals surface area (Å²) in [6.45, 7) is 8.00. The molecule has 2 aliphatic carbocycles. The van der Waals surface area contributed by atoms with E-state index in [1.54, 1.807) is 36.4 Å². The average Bonchev–Trinajstić information content (AvgIpc) is 4.06. The molecule has 0 aliphatic heterocycles. The minimum Gasteiger partial charge on any atom is -0.508 e. The highest BCUT2D eigenvalue weighted by atomic mass is 19.1. The molecule has 0 saturated heterocycles. The first-order valence-corrected chi connectivity index (χ1v) is 16.6. The first-order valence-electron chi connectivity index (χ1n) is 16.6. The average molecular weight is 733 g/mol. The fourth-order valence-corrected chi connectivity index (χ4v) is 4.43. The molecule has 13 heteroatoms. The number of carboxylic acids is 1. The van der Waals surface area contributed by atoms with Gasteiger partial charge in [0.05, 0.1) is 0 Å². The van der Waals surface area contributed by atoms with Crippen molar-refractivity contribution in [2.75, 3.05) is 16.4 Å². The quantitative estimate of drug-likeness (QED) is 0.0457. The predicted molar refractivity (Wildman–Crippen MR) is 206 cm³/mol. The van der Waals surface area contributed by atoms with Crippen molar-refractivity contribution in [1.29, 1.82) is 0 Å². The summed E-state index contributed by atoms with van der Waals surface area (Å²) >= 11 is 0. The van der Waals surface area contributed by atoms with Crippen molar-refractivity contribution < 1.29 is 43.3 Å². The van der Waals surface area contributed by atoms with E-state index in [0.29, 0.717) is 42.7 Å². The molecule has 283 valence electrons. The van der Waals surface area contributed by atoms with Crippen molar-refractivity contribution in [2.24, 2.45) is 10.8 Å². The summed E-state index contributed by atoms with van der Waals surface area (Å²) in [6.07, 6.45) is 1.91. The molecule has 2 aliphatic rings. The van der Waals surface area contributed by atoms with Crippen molar-refractivity contribution in [2.45, 2.75) is 67.2 Å². The molecule has 0 unspecified atom stereocenters. The molecule has 2 amide bonds. The van der Waals surface area contributed by atoms with Gasteiger partial charge in [-0.1, -0.05) is 47.3 Å². The van der Waals surface area contributed by atoms with Gasteiger partial charge in [-0.3, -0.25) is 19.2 Å². The van der Waals surface area contributed by atoms with Crippen LogP contribution in [0.25, 0.3) is 0 Å². The number of nitrogen functional groups attached to an aromatic ring is 1. The molecule has 53 heavy (non-hydrogen) atoms. The van der Waals surface area contributed by atoms with Crippen LogP contribution in [0.1, 0.15) is 66.4 Å². The highest BCUT2D eigenvalue weighted by Crippen LogP contribution is 2.48. The number of hydrogen-bond acceptors (Lipinski definition) is 7. The van der Waals surface area contributed by atoms with Crippen molar-refractivity contribution in [3.63, 3.8) is 0 Å². The van der Waals surface area contributed by atoms with E-state index in [1.165, 1.54) is 60.7 Å². The van der Waals surface area contributed by atoms with Gasteiger partial charge in [-0.15, -0.1) is 0 Å². The number of carbonyl (C=O) groups is 4. The molecule has 0 spiro atoms. The van der Waals surface area contributed by atoms with Gasteiger partial charge in [0.1, 0.15) is 34.0 Å². The molecule has 2 saturated carbocycles. The highest BCUT2D eigenvalue weighted by molar-refractivity contribution is 6.14. The molecule has 2 fully saturated rings. The van der Waals surface area contributed by atoms with Crippen LogP contribution in [-0.4, -0.2) is 47.3 Å². The Morgan fingerprint density at radius 1 is 0.623 bits per heavy atom. The number of amides is 2. The molecule has 0 bridgehead atoms. The Labute approximate surface area is 312 Å². The van der Waals surface area contributed by atoms with Crippen LogP contribution in [0.2, 0.25) is 0 Å². The number of phenolic OH excluding ortho intramolecular Hbond substituents is 2. The first kappa shape index (κ1) is 47.3. The van der Waals surface area contributed by atoms with Gasteiger partial charge in [-0.25, -0.2) is 8.78 Å². The predicted octanol–water partition coefficient (Wildman–Crippen LogP) is 7.97. The van der Waals surface area contributed by atoms with Crippen LogP contribution < -0.4 is 16.4 Å². The molecule has 6 rings (SSSR count). The normalized spacial score (nSPS) is 13.1. The van der Waals surface area contributed by atoms with Crippen LogP contribution in [0, 0.1) is 22.5 Å². The smallest absolute Gasteiger partial charge is 0.319 e. The van der Waals surface area contributed by atoms with E-state index in [0.717, 1.165) is 5.56 Å². The number of Topliss-reactive ketones (excluding diaryl/α,β-unsaturated/α-hetero) is 1. The van der Waals surface area contributed by atoms with Crippen LogP contribution in [0.3, 0.4) is 0 Å². The van der Waals surface area contributed by atoms with Gasteiger partial charge in [0.25, 0.3) is 0 Å². The van der Waals surface area contributed by atoms with E-state index in [9.17, 15) is 33.1 Å². The Balaban J connectivity index is 0.000000785. The fraction of sp³-hybridized carbons (Fsp3) is 0.300. The third-order valence-electron chi connectivity index (χ3n) is 7.71. The van der Waals surface area contributed by atoms with Gasteiger partial charge in [0.2, 0.25) is 11.8 Å². The third kappa shape index (κ3) is 14.1. The summed E-state index contributed by atoms with van der Waals surface area (Å²) in [5.41, 5.74) is 5.37. The van der Waals surface area contributed by atoms with Crippen molar-refractivity contribution in [3.05, 3.63) is 114 Å². The fourth-order valence-electron chi connectivity index (χ4n) is 4.43. The lowest BCUT2D eigenvalue weighted by atomic mass is 9.94. The van der Waals surface area contributed by atoms with Crippen LogP contribution in [-0.2, 0) is 25.6 Å². The molecule has 0 heterocycles. The number of hydrogen-bond donors (Lipinski definition) is 6. The molecular formula is C40H49BF2N3O7. The Kier molecular flexibility index (Phi) is 19.9. The van der Waals surface area contributed by atoms with E-state index in [2.05, 4.69) is 10.6 Å². The SMILES string of the molecule is C.CC.CC.Nc1ccc(O)cc1.O=C(Cc1ccc(O)cc1)C1(C(=O)Nc2ccc(F)cc2)CC1.O=C(O)C1(C(=O)Nc2ccc(F)cc2)CC1.[B]. The van der Waals surface area contributed by atoms with E-state index in [-0.39, 0.29) is 51.3 Å². The molecule has 0 aromatic heterocycles. The lowest BCUT2D eigenvalue weighted by Gasteiger charge is -2.14. The van der Waals surface area contributed by atoms with Gasteiger partial charge in [-0.05, 0) is 116 Å². The minimum absolute atomic E-state index is 0. The van der Waals surface area contributed by atoms with Crippen LogP contribution in [0.15, 0.2) is 97.1 Å². The van der Waals surface area contributed by atoms with Crippen molar-refractivity contribution >= 4 is 49.0 Å². The number of aromatic hydroxyl groups is 2. The lowest BCUT2D eigenvalue weighted by Crippen LogP contribution is -2.32. The van der Waals surface area contributed by atoms with Gasteiger partial charge >= 0.3 is 5.97 Å². The van der Waals surface area contributed by atoms with Crippen molar-refractivity contribution in [3.8, 4) is 11.5 Å². The topological polar surface area (TPSA) is 179 Å². The maximum Gasteiger partial charge on any atom is 0.319 e. The van der Waals surface area contributed by atoms with Crippen molar-refractivity contribution in [1.82, 2.24) is 0 Å². The Hall–Kier alpha value is -5.72. The van der Waals surface area contributed by atoms with E-state index < -0.39 is 28.5 Å². The first-order chi connectivity index (χ1) is 24.3. The summed E-state index contributed by atoms with van der Waals surface area (Å²) in [5, 5.41) is 32.0. The van der Waals surface area contributed by atoms with Crippen LogP contribution in [0.4, 0.5) is 25.8 Å². The summed E-state index contributed by atoms with van der Waals surface area (Å²) in [5.74, 6) is -2.52. The molecule has 4 aromatic carbocycles. The number of nitrogens with two attached hydrogens (primary N) is 1. The van der Waals surface area contributed by atoms with Gasteiger partial charge in [-0.2, -0.15) is 0 Å². The molecule has 3 radical (unpaired) electrons. The van der Waals surface area contributed by atoms with Gasteiger partial charge in [0.15, 0.2) is 5.78 Å². The molecule has 4 aromatic rings. The highest BCUT2D eigenvalue weighted by Gasteiger charge is 2.57. The monoisotopic (exact) mass is 732 g/mol. The Morgan fingerprint density at radius 3 is 1.28 bits per heavy atom. The summed E-state index contributed by atoms with van der Waals surface area (Å²) < 4.78 is 25.5. The summed E-state index contributed by atoms with van der Waals surface area (Å²) in [7, 11) is 0. The zero-order valence-corrected chi connectivity index (χ0v) is 29.7. The number of anilines is 3. The number of aliphatic carboxylic acids is 1. The number of carbonyl (C=O) groups excluding carboxylic acids is 3. The zero-order chi connectivity index (χ0) is 38.2. The number of benzene rings is 4. The van der Waals surface area contributed by atoms with Crippen LogP contribution >= 0.6 is 0 Å². The van der Waals surface area contributed by atoms with E-state index in [4.69, 9.17) is 15.9 Å². The number of nitrogens with one attached hydrogen (secondary N) is 2. The second-order valence-corrected chi connectivity index (χ2v) is 11.2. The molecule has 7 N–H and O–H groups in total. The number of ketones is 1. The van der Waals surface area contributed by atoms with E-state index >= 15 is 0 Å². The summed E-state index contributed by atoms with van der Waals surface area (Å²) in [4.78, 5) is 47.4. The Morgan fingerprint density at radius 2 is 0.962 bits per heavy atom. The number of halogens is 2.